The Bertz CT molecular complexity index is 4730. The van der Waals surface area contributed by atoms with Crippen molar-refractivity contribution in [3.63, 3.8) is 0 Å². The van der Waals surface area contributed by atoms with Gasteiger partial charge in [-0.15, -0.1) is 22.7 Å². The molecule has 4 heterocycles. The van der Waals surface area contributed by atoms with Gasteiger partial charge >= 0.3 is 0 Å². The molecule has 0 amide bonds. The third-order valence-electron chi connectivity index (χ3n) is 16.6. The highest BCUT2D eigenvalue weighted by molar-refractivity contribution is 7.26. The molecule has 382 valence electrons. The Balaban J connectivity index is 0.726. The summed E-state index contributed by atoms with van der Waals surface area (Å²) < 4.78 is 5.19. The first-order valence-electron chi connectivity index (χ1n) is 27.6. The molecule has 0 spiro atoms. The highest BCUT2D eigenvalue weighted by atomic mass is 32.1. The zero-order valence-corrected chi connectivity index (χ0v) is 45.5. The lowest BCUT2D eigenvalue weighted by atomic mass is 9.61. The third kappa shape index (κ3) is 7.75. The van der Waals surface area contributed by atoms with Crippen LogP contribution in [0.4, 0.5) is 0 Å². The number of benzene rings is 11. The van der Waals surface area contributed by atoms with Crippen LogP contribution in [-0.2, 0) is 0 Å². The summed E-state index contributed by atoms with van der Waals surface area (Å²) in [4.78, 5) is 31.2. The Labute approximate surface area is 480 Å². The van der Waals surface area contributed by atoms with Gasteiger partial charge in [-0.05, 0) is 92.0 Å². The average Bonchev–Trinajstić information content (AvgIpc) is 1.26. The molecule has 2 bridgehead atoms. The number of thiophene rings is 2. The van der Waals surface area contributed by atoms with E-state index in [-0.39, 0.29) is 11.8 Å². The number of aromatic nitrogens is 6. The van der Waals surface area contributed by atoms with E-state index in [4.69, 9.17) is 29.9 Å². The van der Waals surface area contributed by atoms with Crippen LogP contribution in [0.15, 0.2) is 255 Å². The molecular weight excluding hydrogens is 1040 g/mol. The lowest BCUT2D eigenvalue weighted by Gasteiger charge is -2.42. The van der Waals surface area contributed by atoms with E-state index >= 15 is 0 Å². The minimum absolute atomic E-state index is 0.00123. The second kappa shape index (κ2) is 18.7. The molecule has 2 atom stereocenters. The molecule has 0 N–H and O–H groups in total. The van der Waals surface area contributed by atoms with Gasteiger partial charge in [0.1, 0.15) is 0 Å². The molecule has 0 aliphatic heterocycles. The van der Waals surface area contributed by atoms with Crippen molar-refractivity contribution in [2.45, 2.75) is 11.8 Å². The van der Waals surface area contributed by atoms with Crippen molar-refractivity contribution in [2.24, 2.45) is 0 Å². The van der Waals surface area contributed by atoms with E-state index in [0.29, 0.717) is 34.9 Å². The molecule has 3 aliphatic carbocycles. The van der Waals surface area contributed by atoms with Crippen molar-refractivity contribution in [3.05, 3.63) is 288 Å². The summed E-state index contributed by atoms with van der Waals surface area (Å²) in [5, 5.41) is 5.20. The minimum Gasteiger partial charge on any atom is -0.208 e. The predicted octanol–water partition coefficient (Wildman–Crippen LogP) is 19.1. The molecular formula is C74H44N6S2. The molecule has 0 saturated carbocycles. The normalized spacial score (nSPS) is 14.1. The van der Waals surface area contributed by atoms with Gasteiger partial charge in [0, 0.05) is 85.6 Å². The first kappa shape index (κ1) is 46.8. The van der Waals surface area contributed by atoms with Crippen molar-refractivity contribution >= 4 is 63.0 Å². The molecule has 15 aromatic rings. The second-order valence-electron chi connectivity index (χ2n) is 21.3. The Morgan fingerprint density at radius 3 is 0.902 bits per heavy atom. The monoisotopic (exact) mass is 1080 g/mol. The molecule has 11 aromatic carbocycles. The maximum Gasteiger partial charge on any atom is 0.164 e. The van der Waals surface area contributed by atoms with Crippen LogP contribution in [0.5, 0.6) is 0 Å². The van der Waals surface area contributed by atoms with Crippen LogP contribution in [0.25, 0.3) is 131 Å². The van der Waals surface area contributed by atoms with Crippen LogP contribution in [0.1, 0.15) is 45.2 Å². The van der Waals surface area contributed by atoms with Gasteiger partial charge in [0.05, 0.1) is 0 Å². The summed E-state index contributed by atoms with van der Waals surface area (Å²) in [7, 11) is 0. The molecule has 3 aliphatic rings. The van der Waals surface area contributed by atoms with Gasteiger partial charge in [-0.2, -0.15) is 0 Å². The van der Waals surface area contributed by atoms with Gasteiger partial charge in [0.2, 0.25) is 0 Å². The number of fused-ring (bicyclic) bond motifs is 6. The van der Waals surface area contributed by atoms with E-state index in [1.807, 2.05) is 59.1 Å². The average molecular weight is 1080 g/mol. The van der Waals surface area contributed by atoms with Crippen molar-refractivity contribution in [2.75, 3.05) is 0 Å². The molecule has 82 heavy (non-hydrogen) atoms. The van der Waals surface area contributed by atoms with Gasteiger partial charge in [0.15, 0.2) is 34.9 Å². The van der Waals surface area contributed by atoms with Crippen molar-refractivity contribution < 1.29 is 0 Å². The summed E-state index contributed by atoms with van der Waals surface area (Å²) in [5.74, 6) is 3.82. The first-order valence-corrected chi connectivity index (χ1v) is 29.3. The molecule has 0 fully saturated rings. The van der Waals surface area contributed by atoms with Crippen molar-refractivity contribution in [3.8, 4) is 90.6 Å². The van der Waals surface area contributed by atoms with Gasteiger partial charge in [-0.3, -0.25) is 0 Å². The minimum atomic E-state index is 0.00123. The van der Waals surface area contributed by atoms with Crippen molar-refractivity contribution in [1.82, 2.24) is 29.9 Å². The standard InChI is InChI=1S/C74H44N6S2/c1-3-13-45(14-4-1)69-75-71(47-27-23-43(24-28-47)49-31-35-55-53-17-9-11-21-63(53)81-65(55)41-49)79-73(77-69)51-33-37-59-61(39-51)67-57-19-7-8-20-58(57)68(59)62-40-52(34-38-60(62)67)74-78-70(46-15-5-2-6-16-46)76-72(80-74)48-29-25-44(26-30-48)50-32-36-56-54-18-10-12-22-64(54)82-66(56)42-50/h1-42,67-68H. The zero-order chi connectivity index (χ0) is 53.8. The fraction of sp³-hybridized carbons (Fsp3) is 0.0270. The van der Waals surface area contributed by atoms with E-state index in [0.717, 1.165) is 44.5 Å². The smallest absolute Gasteiger partial charge is 0.164 e. The number of hydrogen-bond acceptors (Lipinski definition) is 8. The lowest BCUT2D eigenvalue weighted by Crippen LogP contribution is -2.27. The summed E-state index contributed by atoms with van der Waals surface area (Å²) in [5.41, 5.74) is 18.0. The van der Waals surface area contributed by atoms with Crippen LogP contribution < -0.4 is 0 Å². The van der Waals surface area contributed by atoms with Gasteiger partial charge in [0.25, 0.3) is 0 Å². The summed E-state index contributed by atoms with van der Waals surface area (Å²) in [6.45, 7) is 0. The topological polar surface area (TPSA) is 77.3 Å². The van der Waals surface area contributed by atoms with E-state index < -0.39 is 0 Å². The predicted molar refractivity (Wildman–Crippen MR) is 337 cm³/mol. The van der Waals surface area contributed by atoms with Gasteiger partial charge < -0.3 is 0 Å². The Morgan fingerprint density at radius 1 is 0.195 bits per heavy atom. The number of rotatable bonds is 8. The summed E-state index contributed by atoms with van der Waals surface area (Å²) in [6, 6.07) is 91.2. The van der Waals surface area contributed by atoms with Crippen LogP contribution in [0, 0.1) is 0 Å². The summed E-state index contributed by atoms with van der Waals surface area (Å²) >= 11 is 3.68. The molecule has 0 radical (unpaired) electrons. The fourth-order valence-electron chi connectivity index (χ4n) is 12.6. The maximum atomic E-state index is 5.27. The van der Waals surface area contributed by atoms with Crippen LogP contribution in [0.3, 0.4) is 0 Å². The molecule has 0 saturated heterocycles. The molecule has 2 unspecified atom stereocenters. The lowest BCUT2D eigenvalue weighted by molar-refractivity contribution is 0.754. The largest absolute Gasteiger partial charge is 0.208 e. The highest BCUT2D eigenvalue weighted by Gasteiger charge is 2.41. The molecule has 8 heteroatoms. The van der Waals surface area contributed by atoms with Crippen LogP contribution >= 0.6 is 22.7 Å². The molecule has 4 aromatic heterocycles. The van der Waals surface area contributed by atoms with Gasteiger partial charge in [-0.25, -0.2) is 29.9 Å². The van der Waals surface area contributed by atoms with E-state index in [9.17, 15) is 0 Å². The van der Waals surface area contributed by atoms with E-state index in [1.165, 1.54) is 84.9 Å². The third-order valence-corrected chi connectivity index (χ3v) is 18.9. The maximum absolute atomic E-state index is 5.27. The Hall–Kier alpha value is -10.1. The fourth-order valence-corrected chi connectivity index (χ4v) is 14.9. The van der Waals surface area contributed by atoms with Crippen LogP contribution in [0.2, 0.25) is 0 Å². The van der Waals surface area contributed by atoms with Crippen molar-refractivity contribution in [1.29, 1.82) is 0 Å². The Kier molecular flexibility index (Phi) is 10.7. The van der Waals surface area contributed by atoms with Crippen LogP contribution in [-0.4, -0.2) is 29.9 Å². The molecule has 18 rings (SSSR count). The van der Waals surface area contributed by atoms with E-state index in [1.54, 1.807) is 0 Å². The second-order valence-corrected chi connectivity index (χ2v) is 23.5. The van der Waals surface area contributed by atoms with E-state index in [2.05, 4.69) is 218 Å². The SMILES string of the molecule is c1ccc(-c2nc(-c3ccc(-c4ccc5c(c4)sc4ccccc45)cc3)nc(-c3ccc4c(c3)C3c5ccccc5C4c4cc(-c5nc(-c6ccccc6)nc(-c6ccc(-c7ccc8c(c7)sc7ccccc78)cc6)n5)ccc43)n2)cc1. The first-order chi connectivity index (χ1) is 40.6. The number of hydrogen-bond donors (Lipinski definition) is 0. The molecule has 6 nitrogen and oxygen atoms in total. The zero-order valence-electron chi connectivity index (χ0n) is 43.9. The number of nitrogens with zero attached hydrogens (tertiary/aromatic N) is 6. The highest BCUT2D eigenvalue weighted by Crippen LogP contribution is 2.57. The van der Waals surface area contributed by atoms with Gasteiger partial charge in [-0.1, -0.05) is 218 Å². The Morgan fingerprint density at radius 2 is 0.488 bits per heavy atom. The summed E-state index contributed by atoms with van der Waals surface area (Å²) in [6.07, 6.45) is 0. The quantitative estimate of drug-likeness (QED) is 0.151.